The molecule has 1 aliphatic heterocycles. The summed E-state index contributed by atoms with van der Waals surface area (Å²) in [6, 6.07) is 4.49. The topological polar surface area (TPSA) is 120 Å². The Hall–Kier alpha value is -4.02. The van der Waals surface area contributed by atoms with Crippen LogP contribution < -0.4 is 10.4 Å². The van der Waals surface area contributed by atoms with Gasteiger partial charge in [0.15, 0.2) is 28.2 Å². The number of carbonyl (C=O) groups excluding carboxylic acids is 2. The minimum Gasteiger partial charge on any atom is -0.302 e. The van der Waals surface area contributed by atoms with Gasteiger partial charge in [0.2, 0.25) is 21.7 Å². The van der Waals surface area contributed by atoms with Crippen molar-refractivity contribution >= 4 is 27.5 Å². The number of amides is 2. The Morgan fingerprint density at radius 1 is 0.932 bits per heavy atom. The van der Waals surface area contributed by atoms with Crippen molar-refractivity contribution in [1.82, 2.24) is 14.8 Å². The summed E-state index contributed by atoms with van der Waals surface area (Å²) in [5.41, 5.74) is 1.80. The molecule has 0 spiro atoms. The molecular weight excluding hydrogens is 618 g/mol. The molecule has 9 nitrogen and oxygen atoms in total. The lowest BCUT2D eigenvalue weighted by atomic mass is 9.99. The maximum absolute atomic E-state index is 15.3. The molecule has 1 aliphatic carbocycles. The number of pyridine rings is 1. The van der Waals surface area contributed by atoms with E-state index in [-0.39, 0.29) is 22.0 Å². The number of hydrogen-bond donors (Lipinski definition) is 2. The molecule has 234 valence electrons. The number of nitrogens with one attached hydrogen (secondary N) is 1. The number of anilines is 1. The summed E-state index contributed by atoms with van der Waals surface area (Å²) in [5, 5.41) is 8.86. The van der Waals surface area contributed by atoms with Crippen LogP contribution in [0.5, 0.6) is 0 Å². The van der Waals surface area contributed by atoms with Crippen LogP contribution in [0.1, 0.15) is 59.6 Å². The van der Waals surface area contributed by atoms with E-state index in [1.807, 2.05) is 0 Å². The van der Waals surface area contributed by atoms with E-state index in [0.29, 0.717) is 12.0 Å². The van der Waals surface area contributed by atoms with E-state index >= 15 is 4.39 Å². The lowest BCUT2D eigenvalue weighted by molar-refractivity contribution is -0.125. The molecule has 0 radical (unpaired) electrons. The van der Waals surface area contributed by atoms with Crippen LogP contribution in [-0.4, -0.2) is 47.3 Å². The van der Waals surface area contributed by atoms with E-state index in [9.17, 15) is 40.0 Å². The number of sulfonamides is 1. The van der Waals surface area contributed by atoms with Crippen molar-refractivity contribution < 1.29 is 49.6 Å². The third-order valence-corrected chi connectivity index (χ3v) is 9.78. The number of halogens is 6. The molecule has 2 fully saturated rings. The first-order valence-corrected chi connectivity index (χ1v) is 14.8. The van der Waals surface area contributed by atoms with E-state index in [1.54, 1.807) is 18.3 Å². The molecule has 2 amide bonds. The van der Waals surface area contributed by atoms with E-state index in [2.05, 4.69) is 4.98 Å². The fourth-order valence-electron chi connectivity index (χ4n) is 5.41. The predicted octanol–water partition coefficient (Wildman–Crippen LogP) is 4.69. The number of nitrogens with zero attached hydrogens (tertiary/aromatic N) is 3. The Morgan fingerprint density at radius 2 is 1.57 bits per heavy atom. The molecule has 1 atom stereocenters. The molecule has 16 heteroatoms. The van der Waals surface area contributed by atoms with Crippen molar-refractivity contribution in [2.75, 3.05) is 11.4 Å². The van der Waals surface area contributed by atoms with Crippen LogP contribution in [0.3, 0.4) is 0 Å². The molecule has 2 N–H and O–H groups in total. The zero-order valence-electron chi connectivity index (χ0n) is 22.7. The molecule has 1 saturated heterocycles. The average Bonchev–Trinajstić information content (AvgIpc) is 3.52. The Morgan fingerprint density at radius 3 is 2.09 bits per heavy atom. The van der Waals surface area contributed by atoms with Gasteiger partial charge in [-0.15, -0.1) is 0 Å². The number of hydroxylamine groups is 1. The summed E-state index contributed by atoms with van der Waals surface area (Å²) in [7, 11) is -5.46. The van der Waals surface area contributed by atoms with Crippen LogP contribution in [0.2, 0.25) is 0 Å². The molecule has 44 heavy (non-hydrogen) atoms. The minimum absolute atomic E-state index is 0.232. The molecule has 1 aromatic heterocycles. The SMILES string of the molecule is O=C(NO)c1ccc(N(Cc2ccc(C3CCCC3)cn2)C(=O)C2CCN2S(=O)(=O)c2c(F)c(F)c(F)c(F)c2F)c(F)c1. The lowest BCUT2D eigenvalue weighted by Gasteiger charge is -2.41. The highest BCUT2D eigenvalue weighted by molar-refractivity contribution is 7.89. The Balaban J connectivity index is 1.50. The largest absolute Gasteiger partial charge is 0.302 e. The molecule has 1 saturated carbocycles. The maximum Gasteiger partial charge on any atom is 0.274 e. The van der Waals surface area contributed by atoms with E-state index in [4.69, 9.17) is 5.21 Å². The van der Waals surface area contributed by atoms with Gasteiger partial charge in [-0.05, 0) is 55.0 Å². The highest BCUT2D eigenvalue weighted by Crippen LogP contribution is 2.36. The second-order valence-electron chi connectivity index (χ2n) is 10.4. The van der Waals surface area contributed by atoms with E-state index < -0.39 is 86.5 Å². The van der Waals surface area contributed by atoms with Crippen molar-refractivity contribution in [3.8, 4) is 0 Å². The number of aromatic nitrogens is 1. The van der Waals surface area contributed by atoms with Crippen molar-refractivity contribution in [2.45, 2.75) is 55.5 Å². The fourth-order valence-corrected chi connectivity index (χ4v) is 7.15. The standard InChI is InChI=1S/C28H24F6N4O5S/c29-18-11-15(27(39)36-41)6-8-19(18)37(13-17-7-5-16(12-35-17)14-3-1-2-4-14)28(40)20-9-10-38(20)44(42,43)26-24(33)22(31)21(30)23(32)25(26)34/h5-8,11-12,14,20,41H,1-4,9-10,13H2,(H,36,39). The minimum atomic E-state index is -5.46. The van der Waals surface area contributed by atoms with Crippen molar-refractivity contribution in [3.05, 3.63) is 88.3 Å². The number of carbonyl (C=O) groups is 2. The van der Waals surface area contributed by atoms with Crippen LogP contribution in [0.15, 0.2) is 41.4 Å². The Kier molecular flexibility index (Phi) is 8.68. The normalized spacial score (nSPS) is 17.4. The quantitative estimate of drug-likeness (QED) is 0.121. The maximum atomic E-state index is 15.3. The van der Waals surface area contributed by atoms with Gasteiger partial charge in [-0.1, -0.05) is 18.9 Å². The third kappa shape index (κ3) is 5.52. The van der Waals surface area contributed by atoms with Crippen molar-refractivity contribution in [2.24, 2.45) is 0 Å². The molecule has 2 aliphatic rings. The zero-order chi connectivity index (χ0) is 31.9. The predicted molar refractivity (Wildman–Crippen MR) is 141 cm³/mol. The summed E-state index contributed by atoms with van der Waals surface area (Å²) in [6.45, 7) is -0.933. The smallest absolute Gasteiger partial charge is 0.274 e. The van der Waals surface area contributed by atoms with Gasteiger partial charge in [-0.3, -0.25) is 19.8 Å². The van der Waals surface area contributed by atoms with Gasteiger partial charge in [0.1, 0.15) is 11.9 Å². The van der Waals surface area contributed by atoms with Gasteiger partial charge in [0, 0.05) is 18.3 Å². The van der Waals surface area contributed by atoms with E-state index in [0.717, 1.165) is 48.3 Å². The Bertz CT molecular complexity index is 1710. The summed E-state index contributed by atoms with van der Waals surface area (Å²) >= 11 is 0. The number of rotatable bonds is 8. The molecule has 2 aromatic carbocycles. The summed E-state index contributed by atoms with van der Waals surface area (Å²) < 4.78 is 112. The summed E-state index contributed by atoms with van der Waals surface area (Å²) in [5.74, 6) is -15.7. The van der Waals surface area contributed by atoms with Gasteiger partial charge in [0.05, 0.1) is 17.9 Å². The molecule has 3 aromatic rings. The molecule has 5 rings (SSSR count). The van der Waals surface area contributed by atoms with Gasteiger partial charge < -0.3 is 4.90 Å². The molecule has 0 bridgehead atoms. The van der Waals surface area contributed by atoms with E-state index in [1.165, 1.54) is 5.48 Å². The molecular formula is C28H24F6N4O5S. The number of hydrogen-bond acceptors (Lipinski definition) is 6. The van der Waals surface area contributed by atoms with Crippen LogP contribution in [0.4, 0.5) is 32.0 Å². The number of benzene rings is 2. The third-order valence-electron chi connectivity index (χ3n) is 7.85. The van der Waals surface area contributed by atoms with Crippen LogP contribution >= 0.6 is 0 Å². The van der Waals surface area contributed by atoms with Crippen LogP contribution in [-0.2, 0) is 21.4 Å². The van der Waals surface area contributed by atoms with Gasteiger partial charge >= 0.3 is 0 Å². The summed E-state index contributed by atoms with van der Waals surface area (Å²) in [4.78, 5) is 28.6. The first kappa shape index (κ1) is 31.4. The van der Waals surface area contributed by atoms with Gasteiger partial charge in [-0.2, -0.15) is 4.31 Å². The first-order chi connectivity index (χ1) is 20.9. The molecule has 1 unspecified atom stereocenters. The fraction of sp³-hybridized carbons (Fsp3) is 0.321. The monoisotopic (exact) mass is 642 g/mol. The second kappa shape index (κ2) is 12.2. The van der Waals surface area contributed by atoms with Crippen LogP contribution in [0.25, 0.3) is 0 Å². The highest BCUT2D eigenvalue weighted by atomic mass is 32.2. The van der Waals surface area contributed by atoms with Crippen molar-refractivity contribution in [3.63, 3.8) is 0 Å². The van der Waals surface area contributed by atoms with Crippen molar-refractivity contribution in [1.29, 1.82) is 0 Å². The highest BCUT2D eigenvalue weighted by Gasteiger charge is 2.48. The summed E-state index contributed by atoms with van der Waals surface area (Å²) in [6.07, 6.45) is 5.50. The average molecular weight is 643 g/mol. The lowest BCUT2D eigenvalue weighted by Crippen LogP contribution is -2.59. The zero-order valence-corrected chi connectivity index (χ0v) is 23.5. The molecule has 2 heterocycles. The van der Waals surface area contributed by atoms with Crippen LogP contribution in [0, 0.1) is 34.9 Å². The Labute approximate surface area is 247 Å². The van der Waals surface area contributed by atoms with Gasteiger partial charge in [-0.25, -0.2) is 40.2 Å². The van der Waals surface area contributed by atoms with Gasteiger partial charge in [0.25, 0.3) is 5.91 Å². The second-order valence-corrected chi connectivity index (χ2v) is 12.2. The first-order valence-electron chi connectivity index (χ1n) is 13.4.